The monoisotopic (exact) mass is 262 g/mol. The van der Waals surface area contributed by atoms with E-state index in [4.69, 9.17) is 4.74 Å². The molecule has 0 aromatic carbocycles. The Balaban J connectivity index is 2.12. The molecule has 5 atom stereocenters. The summed E-state index contributed by atoms with van der Waals surface area (Å²) in [4.78, 5) is 23.7. The van der Waals surface area contributed by atoms with Crippen LogP contribution in [0.2, 0.25) is 0 Å². The number of aliphatic hydroxyl groups excluding tert-OH is 1. The molecule has 4 nitrogen and oxygen atoms in total. The summed E-state index contributed by atoms with van der Waals surface area (Å²) in [6.07, 6.45) is -0.0650. The molecule has 2 aliphatic carbocycles. The van der Waals surface area contributed by atoms with E-state index in [1.54, 1.807) is 6.92 Å². The summed E-state index contributed by atoms with van der Waals surface area (Å²) in [5.41, 5.74) is 1.97. The largest absolute Gasteiger partial charge is 0.454 e. The molecule has 4 heteroatoms. The molecule has 0 amide bonds. The van der Waals surface area contributed by atoms with Crippen molar-refractivity contribution in [1.82, 2.24) is 0 Å². The Kier molecular flexibility index (Phi) is 2.68. The van der Waals surface area contributed by atoms with E-state index in [1.807, 2.05) is 6.92 Å². The number of hydrogen-bond acceptors (Lipinski definition) is 4. The molecule has 0 aromatic heterocycles. The van der Waals surface area contributed by atoms with Crippen molar-refractivity contribution in [1.29, 1.82) is 0 Å². The van der Waals surface area contributed by atoms with Crippen LogP contribution in [0, 0.1) is 17.8 Å². The Morgan fingerprint density at radius 1 is 1.37 bits per heavy atom. The van der Waals surface area contributed by atoms with Gasteiger partial charge in [0.2, 0.25) is 0 Å². The molecule has 1 saturated carbocycles. The van der Waals surface area contributed by atoms with E-state index in [9.17, 15) is 14.7 Å². The highest BCUT2D eigenvalue weighted by atomic mass is 16.6. The highest BCUT2D eigenvalue weighted by molar-refractivity contribution is 6.00. The first-order valence-corrected chi connectivity index (χ1v) is 6.73. The smallest absolute Gasteiger partial charge is 0.334 e. The number of fused-ring (bicyclic) bond motifs is 3. The Hall–Kier alpha value is -1.42. The van der Waals surface area contributed by atoms with E-state index >= 15 is 0 Å². The molecule has 0 radical (unpaired) electrons. The van der Waals surface area contributed by atoms with Crippen LogP contribution in [-0.2, 0) is 14.3 Å². The zero-order valence-corrected chi connectivity index (χ0v) is 11.2. The van der Waals surface area contributed by atoms with Gasteiger partial charge in [0.05, 0.1) is 12.0 Å². The maximum Gasteiger partial charge on any atom is 0.334 e. The topological polar surface area (TPSA) is 63.6 Å². The van der Waals surface area contributed by atoms with Crippen molar-refractivity contribution in [3.63, 3.8) is 0 Å². The minimum atomic E-state index is -0.625. The van der Waals surface area contributed by atoms with Crippen molar-refractivity contribution >= 4 is 11.8 Å². The van der Waals surface area contributed by atoms with Crippen LogP contribution < -0.4 is 0 Å². The Labute approximate surface area is 112 Å². The van der Waals surface area contributed by atoms with E-state index in [0.29, 0.717) is 24.0 Å². The number of Topliss-reactive ketones (excluding diaryl/α,β-unsaturated/α-hetero) is 1. The quantitative estimate of drug-likeness (QED) is 0.529. The third-order valence-corrected chi connectivity index (χ3v) is 4.90. The van der Waals surface area contributed by atoms with Gasteiger partial charge >= 0.3 is 5.97 Å². The first-order valence-electron chi connectivity index (χ1n) is 6.73. The third kappa shape index (κ3) is 1.62. The Bertz CT molecular complexity index is 516. The number of hydrogen-bond donors (Lipinski definition) is 1. The van der Waals surface area contributed by atoms with E-state index in [2.05, 4.69) is 6.58 Å². The minimum absolute atomic E-state index is 0.0934. The molecular weight excluding hydrogens is 244 g/mol. The second kappa shape index (κ2) is 4.04. The number of rotatable bonds is 0. The molecule has 0 unspecified atom stereocenters. The predicted octanol–water partition coefficient (Wildman–Crippen LogP) is 1.39. The first kappa shape index (κ1) is 12.6. The second-order valence-electron chi connectivity index (χ2n) is 5.97. The van der Waals surface area contributed by atoms with Gasteiger partial charge in [-0.1, -0.05) is 13.5 Å². The molecule has 1 heterocycles. The van der Waals surface area contributed by atoms with Gasteiger partial charge in [-0.3, -0.25) is 4.79 Å². The summed E-state index contributed by atoms with van der Waals surface area (Å²) >= 11 is 0. The fourth-order valence-electron chi connectivity index (χ4n) is 3.80. The zero-order valence-electron chi connectivity index (χ0n) is 11.2. The van der Waals surface area contributed by atoms with Crippen molar-refractivity contribution in [3.8, 4) is 0 Å². The molecule has 0 aromatic rings. The van der Waals surface area contributed by atoms with Gasteiger partial charge in [0, 0.05) is 12.0 Å². The highest BCUT2D eigenvalue weighted by Gasteiger charge is 2.52. The molecule has 102 valence electrons. The van der Waals surface area contributed by atoms with Crippen LogP contribution in [0.4, 0.5) is 0 Å². The van der Waals surface area contributed by atoms with Crippen LogP contribution in [0.3, 0.4) is 0 Å². The van der Waals surface area contributed by atoms with Gasteiger partial charge in [-0.25, -0.2) is 4.79 Å². The van der Waals surface area contributed by atoms with Gasteiger partial charge in [0.1, 0.15) is 6.10 Å². The summed E-state index contributed by atoms with van der Waals surface area (Å²) in [5, 5.41) is 10.3. The first-order chi connectivity index (χ1) is 8.91. The molecule has 1 N–H and O–H groups in total. The van der Waals surface area contributed by atoms with Crippen LogP contribution in [-0.4, -0.2) is 29.1 Å². The summed E-state index contributed by atoms with van der Waals surface area (Å²) in [6.45, 7) is 7.60. The van der Waals surface area contributed by atoms with Crippen LogP contribution >= 0.6 is 0 Å². The number of carbonyl (C=O) groups excluding carboxylic acids is 2. The van der Waals surface area contributed by atoms with Crippen LogP contribution in [0.5, 0.6) is 0 Å². The summed E-state index contributed by atoms with van der Waals surface area (Å²) < 4.78 is 5.40. The molecule has 1 saturated heterocycles. The standard InChI is InChI=1S/C15H18O4/c1-6-4-11(17)13-8(3)15(18)19-14(13)12-7(2)10(16)5-9(6)12/h6,9,11,13-14,17H,3-5H2,1-2H3/t6-,9+,11+,13-,14-/m1/s1. The van der Waals surface area contributed by atoms with Gasteiger partial charge in [0.15, 0.2) is 5.78 Å². The fourth-order valence-corrected chi connectivity index (χ4v) is 3.80. The zero-order chi connectivity index (χ0) is 13.9. The Morgan fingerprint density at radius 3 is 2.74 bits per heavy atom. The van der Waals surface area contributed by atoms with Gasteiger partial charge in [-0.15, -0.1) is 0 Å². The minimum Gasteiger partial charge on any atom is -0.454 e. The lowest BCUT2D eigenvalue weighted by molar-refractivity contribution is -0.138. The lowest BCUT2D eigenvalue weighted by Gasteiger charge is -2.22. The van der Waals surface area contributed by atoms with Gasteiger partial charge in [-0.05, 0) is 36.3 Å². The second-order valence-corrected chi connectivity index (χ2v) is 5.97. The van der Waals surface area contributed by atoms with Crippen LogP contribution in [0.1, 0.15) is 26.7 Å². The predicted molar refractivity (Wildman–Crippen MR) is 68.1 cm³/mol. The normalized spacial score (nSPS) is 42.1. The van der Waals surface area contributed by atoms with E-state index in [1.165, 1.54) is 0 Å². The average molecular weight is 262 g/mol. The molecule has 1 aliphatic heterocycles. The number of ketones is 1. The summed E-state index contributed by atoms with van der Waals surface area (Å²) in [7, 11) is 0. The van der Waals surface area contributed by atoms with Gasteiger partial charge in [0.25, 0.3) is 0 Å². The van der Waals surface area contributed by atoms with Crippen molar-refractivity contribution in [2.75, 3.05) is 0 Å². The van der Waals surface area contributed by atoms with Crippen molar-refractivity contribution in [3.05, 3.63) is 23.3 Å². The number of aliphatic hydroxyl groups is 1. The number of ether oxygens (including phenoxy) is 1. The lowest BCUT2D eigenvalue weighted by Crippen LogP contribution is -2.29. The number of esters is 1. The van der Waals surface area contributed by atoms with Crippen LogP contribution in [0.25, 0.3) is 0 Å². The average Bonchev–Trinajstić information content (AvgIpc) is 2.75. The van der Waals surface area contributed by atoms with Gasteiger partial charge < -0.3 is 9.84 Å². The highest BCUT2D eigenvalue weighted by Crippen LogP contribution is 2.49. The maximum absolute atomic E-state index is 11.9. The molecule has 19 heavy (non-hydrogen) atoms. The number of allylic oxidation sites excluding steroid dienone is 1. The van der Waals surface area contributed by atoms with Crippen molar-refractivity contribution < 1.29 is 19.4 Å². The molecular formula is C15H18O4. The summed E-state index contributed by atoms with van der Waals surface area (Å²) in [6, 6.07) is 0. The van der Waals surface area contributed by atoms with E-state index in [-0.39, 0.29) is 17.6 Å². The van der Waals surface area contributed by atoms with Crippen molar-refractivity contribution in [2.24, 2.45) is 17.8 Å². The lowest BCUT2D eigenvalue weighted by atomic mass is 9.85. The van der Waals surface area contributed by atoms with Crippen LogP contribution in [0.15, 0.2) is 23.3 Å². The molecule has 0 bridgehead atoms. The summed E-state index contributed by atoms with van der Waals surface area (Å²) in [5.74, 6) is -0.396. The SMILES string of the molecule is C=C1C(=O)O[C@@H]2C3=C(C)C(=O)C[C@H]3[C@H](C)C[C@H](O)[C@@H]12. The van der Waals surface area contributed by atoms with Crippen molar-refractivity contribution in [2.45, 2.75) is 38.9 Å². The van der Waals surface area contributed by atoms with E-state index < -0.39 is 24.1 Å². The number of carbonyl (C=O) groups is 2. The van der Waals surface area contributed by atoms with Gasteiger partial charge in [-0.2, -0.15) is 0 Å². The Morgan fingerprint density at radius 2 is 2.05 bits per heavy atom. The maximum atomic E-state index is 11.9. The van der Waals surface area contributed by atoms with E-state index in [0.717, 1.165) is 5.57 Å². The fraction of sp³-hybridized carbons (Fsp3) is 0.600. The molecule has 0 spiro atoms. The molecule has 3 aliphatic rings. The molecule has 2 fully saturated rings. The molecule has 3 rings (SSSR count). The third-order valence-electron chi connectivity index (χ3n) is 4.90.